The summed E-state index contributed by atoms with van der Waals surface area (Å²) in [5, 5.41) is 21.0. The molecule has 3 aromatic rings. The number of aryl methyl sites for hydroxylation is 2. The van der Waals surface area contributed by atoms with E-state index in [1.54, 1.807) is 25.2 Å². The SMILES string of the molecule is CNC[C@@H](O)COc1ccc(Cl)c(-c2nc(NC[C@@H]3CCCO3)c(C)c(-c3c(C)noc3C)n2)c1. The van der Waals surface area contributed by atoms with Crippen molar-refractivity contribution in [2.75, 3.05) is 38.7 Å². The van der Waals surface area contributed by atoms with Crippen molar-refractivity contribution >= 4 is 17.4 Å². The molecule has 0 aliphatic carbocycles. The number of hydrogen-bond acceptors (Lipinski definition) is 9. The lowest BCUT2D eigenvalue weighted by molar-refractivity contribution is 0.108. The number of halogens is 1. The van der Waals surface area contributed by atoms with E-state index in [9.17, 15) is 5.11 Å². The molecule has 2 atom stereocenters. The Morgan fingerprint density at radius 3 is 2.77 bits per heavy atom. The molecular formula is C25H32ClN5O4. The van der Waals surface area contributed by atoms with Crippen LogP contribution in [-0.4, -0.2) is 65.8 Å². The number of hydrogen-bond donors (Lipinski definition) is 3. The Morgan fingerprint density at radius 1 is 1.26 bits per heavy atom. The Morgan fingerprint density at radius 2 is 2.09 bits per heavy atom. The topological polar surface area (TPSA) is 115 Å². The van der Waals surface area contributed by atoms with Crippen LogP contribution in [0, 0.1) is 20.8 Å². The Hall–Kier alpha value is -2.72. The predicted octanol–water partition coefficient (Wildman–Crippen LogP) is 3.93. The van der Waals surface area contributed by atoms with Crippen LogP contribution in [0.3, 0.4) is 0 Å². The monoisotopic (exact) mass is 501 g/mol. The molecule has 10 heteroatoms. The highest BCUT2D eigenvalue weighted by Crippen LogP contribution is 2.36. The summed E-state index contributed by atoms with van der Waals surface area (Å²) in [6, 6.07) is 5.30. The van der Waals surface area contributed by atoms with E-state index in [4.69, 9.17) is 35.6 Å². The quantitative estimate of drug-likeness (QED) is 0.380. The molecule has 0 spiro atoms. The summed E-state index contributed by atoms with van der Waals surface area (Å²) < 4.78 is 17.0. The maximum Gasteiger partial charge on any atom is 0.163 e. The van der Waals surface area contributed by atoms with Gasteiger partial charge in [-0.3, -0.25) is 0 Å². The number of likely N-dealkylation sites (N-methyl/N-ethyl adjacent to an activating group) is 1. The fourth-order valence-corrected chi connectivity index (χ4v) is 4.34. The van der Waals surface area contributed by atoms with E-state index >= 15 is 0 Å². The smallest absolute Gasteiger partial charge is 0.163 e. The Labute approximate surface area is 210 Å². The van der Waals surface area contributed by atoms with Crippen molar-refractivity contribution in [3.8, 4) is 28.4 Å². The molecule has 1 aliphatic heterocycles. The Kier molecular flexibility index (Phi) is 8.22. The molecule has 3 N–H and O–H groups in total. The first-order valence-electron chi connectivity index (χ1n) is 11.8. The largest absolute Gasteiger partial charge is 0.491 e. The van der Waals surface area contributed by atoms with Crippen molar-refractivity contribution in [3.63, 3.8) is 0 Å². The molecule has 0 amide bonds. The molecule has 0 saturated carbocycles. The Balaban J connectivity index is 1.72. The normalized spacial score (nSPS) is 16.5. The van der Waals surface area contributed by atoms with E-state index in [1.807, 2.05) is 20.8 Å². The second-order valence-electron chi connectivity index (χ2n) is 8.75. The fourth-order valence-electron chi connectivity index (χ4n) is 4.14. The van der Waals surface area contributed by atoms with Gasteiger partial charge in [-0.2, -0.15) is 0 Å². The van der Waals surface area contributed by atoms with E-state index in [2.05, 4.69) is 15.8 Å². The van der Waals surface area contributed by atoms with Gasteiger partial charge in [-0.15, -0.1) is 0 Å². The molecule has 1 fully saturated rings. The summed E-state index contributed by atoms with van der Waals surface area (Å²) in [6.45, 7) is 7.76. The summed E-state index contributed by atoms with van der Waals surface area (Å²) in [5.41, 5.74) is 3.83. The zero-order chi connectivity index (χ0) is 24.9. The molecule has 1 saturated heterocycles. The van der Waals surface area contributed by atoms with Crippen LogP contribution < -0.4 is 15.4 Å². The molecule has 35 heavy (non-hydrogen) atoms. The maximum atomic E-state index is 9.99. The summed E-state index contributed by atoms with van der Waals surface area (Å²) >= 11 is 6.59. The van der Waals surface area contributed by atoms with Crippen molar-refractivity contribution < 1.29 is 19.1 Å². The van der Waals surface area contributed by atoms with Crippen molar-refractivity contribution in [2.24, 2.45) is 0 Å². The number of aliphatic hydroxyl groups is 1. The van der Waals surface area contributed by atoms with Crippen LogP contribution in [0.2, 0.25) is 5.02 Å². The maximum absolute atomic E-state index is 9.99. The molecule has 4 rings (SSSR count). The van der Waals surface area contributed by atoms with Crippen LogP contribution in [0.4, 0.5) is 5.82 Å². The van der Waals surface area contributed by atoms with Gasteiger partial charge in [0.1, 0.15) is 30.0 Å². The first-order valence-corrected chi connectivity index (χ1v) is 12.2. The molecule has 188 valence electrons. The van der Waals surface area contributed by atoms with Crippen molar-refractivity contribution in [1.29, 1.82) is 0 Å². The second kappa shape index (κ2) is 11.3. The summed E-state index contributed by atoms with van der Waals surface area (Å²) in [5.74, 6) is 2.40. The van der Waals surface area contributed by atoms with Gasteiger partial charge in [0.25, 0.3) is 0 Å². The van der Waals surface area contributed by atoms with Crippen LogP contribution in [0.1, 0.15) is 29.9 Å². The van der Waals surface area contributed by atoms with Crippen molar-refractivity contribution in [1.82, 2.24) is 20.4 Å². The van der Waals surface area contributed by atoms with Crippen molar-refractivity contribution in [2.45, 2.75) is 45.8 Å². The molecule has 1 aliphatic rings. The average Bonchev–Trinajstić information content (AvgIpc) is 3.48. The van der Waals surface area contributed by atoms with Gasteiger partial charge in [0.2, 0.25) is 0 Å². The number of nitrogens with zero attached hydrogens (tertiary/aromatic N) is 3. The van der Waals surface area contributed by atoms with Gasteiger partial charge in [0.05, 0.1) is 28.1 Å². The molecule has 1 aromatic carbocycles. The zero-order valence-electron chi connectivity index (χ0n) is 20.5. The number of ether oxygens (including phenoxy) is 2. The highest BCUT2D eigenvalue weighted by atomic mass is 35.5. The lowest BCUT2D eigenvalue weighted by Crippen LogP contribution is -2.29. The highest BCUT2D eigenvalue weighted by Gasteiger charge is 2.22. The number of rotatable bonds is 10. The van der Waals surface area contributed by atoms with Gasteiger partial charge < -0.3 is 29.7 Å². The summed E-state index contributed by atoms with van der Waals surface area (Å²) in [6.07, 6.45) is 1.61. The minimum atomic E-state index is -0.630. The lowest BCUT2D eigenvalue weighted by Gasteiger charge is -2.17. The first-order chi connectivity index (χ1) is 16.9. The van der Waals surface area contributed by atoms with E-state index in [-0.39, 0.29) is 12.7 Å². The van der Waals surface area contributed by atoms with Crippen LogP contribution >= 0.6 is 11.6 Å². The van der Waals surface area contributed by atoms with Crippen LogP contribution in [0.5, 0.6) is 5.75 Å². The molecule has 3 heterocycles. The van der Waals surface area contributed by atoms with Crippen LogP contribution in [0.25, 0.3) is 22.6 Å². The Bertz CT molecular complexity index is 1140. The third-order valence-corrected chi connectivity index (χ3v) is 6.33. The minimum Gasteiger partial charge on any atom is -0.491 e. The summed E-state index contributed by atoms with van der Waals surface area (Å²) in [4.78, 5) is 9.72. The molecule has 2 aromatic heterocycles. The number of nitrogens with one attached hydrogen (secondary N) is 2. The van der Waals surface area contributed by atoms with Crippen molar-refractivity contribution in [3.05, 3.63) is 40.2 Å². The van der Waals surface area contributed by atoms with Gasteiger partial charge in [-0.1, -0.05) is 16.8 Å². The van der Waals surface area contributed by atoms with E-state index < -0.39 is 6.10 Å². The van der Waals surface area contributed by atoms with Gasteiger partial charge in [-0.05, 0) is 58.9 Å². The molecule has 9 nitrogen and oxygen atoms in total. The minimum absolute atomic E-state index is 0.148. The standard InChI is InChI=1S/C25H32ClN5O4/c1-14-23(22-15(2)31-35-16(22)3)29-25(30-24(14)28-12-19-6-5-9-33-19)20-10-18(7-8-21(20)26)34-13-17(32)11-27-4/h7-8,10,17,19,27,32H,5-6,9,11-13H2,1-4H3,(H,28,29,30)/t17-,19+/m1/s1. The third-order valence-electron chi connectivity index (χ3n) is 6.00. The predicted molar refractivity (Wildman–Crippen MR) is 135 cm³/mol. The molecule has 0 radical (unpaired) electrons. The molecule has 0 bridgehead atoms. The molecular weight excluding hydrogens is 470 g/mol. The average molecular weight is 502 g/mol. The third kappa shape index (κ3) is 5.92. The summed E-state index contributed by atoms with van der Waals surface area (Å²) in [7, 11) is 1.78. The molecule has 0 unspecified atom stereocenters. The number of anilines is 1. The van der Waals surface area contributed by atoms with Gasteiger partial charge in [0, 0.05) is 30.8 Å². The van der Waals surface area contributed by atoms with Gasteiger partial charge >= 0.3 is 0 Å². The first kappa shape index (κ1) is 25.4. The zero-order valence-corrected chi connectivity index (χ0v) is 21.3. The van der Waals surface area contributed by atoms with E-state index in [1.165, 1.54) is 0 Å². The lowest BCUT2D eigenvalue weighted by atomic mass is 10.0. The number of benzene rings is 1. The van der Waals surface area contributed by atoms with Gasteiger partial charge in [0.15, 0.2) is 5.82 Å². The van der Waals surface area contributed by atoms with Crippen LogP contribution in [0.15, 0.2) is 22.7 Å². The van der Waals surface area contributed by atoms with Gasteiger partial charge in [-0.25, -0.2) is 9.97 Å². The second-order valence-corrected chi connectivity index (χ2v) is 9.16. The van der Waals surface area contributed by atoms with Crippen LogP contribution in [-0.2, 0) is 4.74 Å². The highest BCUT2D eigenvalue weighted by molar-refractivity contribution is 6.33. The number of aliphatic hydroxyl groups excluding tert-OH is 1. The number of aromatic nitrogens is 3. The fraction of sp³-hybridized carbons (Fsp3) is 0.480. The van der Waals surface area contributed by atoms with E-state index in [0.717, 1.165) is 42.0 Å². The van der Waals surface area contributed by atoms with E-state index in [0.29, 0.717) is 46.8 Å².